The molecule has 7 heteroatoms. The van der Waals surface area contributed by atoms with Crippen LogP contribution in [0.15, 0.2) is 6.33 Å². The van der Waals surface area contributed by atoms with E-state index in [1.54, 1.807) is 6.33 Å². The van der Waals surface area contributed by atoms with E-state index in [1.165, 1.54) is 19.3 Å². The minimum Gasteiger partial charge on any atom is -0.366 e. The summed E-state index contributed by atoms with van der Waals surface area (Å²) in [6, 6.07) is 0. The lowest BCUT2D eigenvalue weighted by atomic mass is 9.75. The molecule has 1 aliphatic rings. The van der Waals surface area contributed by atoms with Crippen LogP contribution < -0.4 is 10.6 Å². The summed E-state index contributed by atoms with van der Waals surface area (Å²) >= 11 is 0. The highest BCUT2D eigenvalue weighted by atomic mass is 15.2. The van der Waals surface area contributed by atoms with Gasteiger partial charge in [0.25, 0.3) is 0 Å². The van der Waals surface area contributed by atoms with Crippen molar-refractivity contribution in [1.82, 2.24) is 24.8 Å². The van der Waals surface area contributed by atoms with Gasteiger partial charge in [-0.05, 0) is 33.4 Å². The number of hydrogen-bond acceptors (Lipinski definition) is 6. The van der Waals surface area contributed by atoms with E-state index in [-0.39, 0.29) is 5.54 Å². The van der Waals surface area contributed by atoms with Gasteiger partial charge in [-0.15, -0.1) is 0 Å². The largest absolute Gasteiger partial charge is 0.366 e. The molecule has 108 valence electrons. The van der Waals surface area contributed by atoms with E-state index in [0.29, 0.717) is 11.6 Å². The van der Waals surface area contributed by atoms with Gasteiger partial charge < -0.3 is 20.5 Å². The van der Waals surface area contributed by atoms with Gasteiger partial charge in [0.05, 0.1) is 6.33 Å². The van der Waals surface area contributed by atoms with E-state index in [2.05, 4.69) is 49.6 Å². The molecule has 1 saturated carbocycles. The molecule has 7 nitrogen and oxygen atoms in total. The Kier molecular flexibility index (Phi) is 3.21. The van der Waals surface area contributed by atoms with Crippen LogP contribution in [-0.2, 0) is 0 Å². The Labute approximate surface area is 118 Å². The molecule has 1 aliphatic carbocycles. The lowest BCUT2D eigenvalue weighted by Gasteiger charge is -2.47. The van der Waals surface area contributed by atoms with Gasteiger partial charge in [0.15, 0.2) is 11.5 Å². The number of likely N-dealkylation sites (N-methyl/N-ethyl adjacent to an activating group) is 1. The van der Waals surface area contributed by atoms with Crippen molar-refractivity contribution in [3.05, 3.63) is 6.33 Å². The number of nitrogens with zero attached hydrogens (tertiary/aromatic N) is 4. The second-order valence-electron chi connectivity index (χ2n) is 5.57. The first-order valence-corrected chi connectivity index (χ1v) is 6.95. The van der Waals surface area contributed by atoms with E-state index in [9.17, 15) is 0 Å². The number of aromatic nitrogens is 4. The van der Waals surface area contributed by atoms with Crippen molar-refractivity contribution in [2.24, 2.45) is 0 Å². The number of nitrogens with one attached hydrogen (secondary N) is 3. The lowest BCUT2D eigenvalue weighted by Crippen LogP contribution is -2.54. The smallest absolute Gasteiger partial charge is 0.226 e. The predicted molar refractivity (Wildman–Crippen MR) is 80.0 cm³/mol. The molecule has 1 fully saturated rings. The highest BCUT2D eigenvalue weighted by Crippen LogP contribution is 2.36. The summed E-state index contributed by atoms with van der Waals surface area (Å²) in [7, 11) is 6.10. The molecule has 0 atom stereocenters. The Hall–Kier alpha value is -1.89. The van der Waals surface area contributed by atoms with Crippen molar-refractivity contribution < 1.29 is 0 Å². The first kappa shape index (κ1) is 13.1. The van der Waals surface area contributed by atoms with Gasteiger partial charge >= 0.3 is 0 Å². The highest BCUT2D eigenvalue weighted by Gasteiger charge is 2.38. The van der Waals surface area contributed by atoms with Crippen LogP contribution in [0.2, 0.25) is 0 Å². The molecule has 2 heterocycles. The molecule has 2 aromatic heterocycles. The minimum absolute atomic E-state index is 0.247. The van der Waals surface area contributed by atoms with E-state index in [0.717, 1.165) is 17.9 Å². The quantitative estimate of drug-likeness (QED) is 0.763. The van der Waals surface area contributed by atoms with E-state index in [1.807, 2.05) is 7.05 Å². The van der Waals surface area contributed by atoms with Crippen molar-refractivity contribution >= 4 is 22.9 Å². The van der Waals surface area contributed by atoms with E-state index >= 15 is 0 Å². The maximum Gasteiger partial charge on any atom is 0.226 e. The maximum atomic E-state index is 4.49. The predicted octanol–water partition coefficient (Wildman–Crippen LogP) is 1.29. The van der Waals surface area contributed by atoms with Gasteiger partial charge in [0.1, 0.15) is 5.52 Å². The van der Waals surface area contributed by atoms with Crippen molar-refractivity contribution in [3.8, 4) is 0 Å². The van der Waals surface area contributed by atoms with Crippen LogP contribution in [0.3, 0.4) is 0 Å². The van der Waals surface area contributed by atoms with Gasteiger partial charge in [-0.2, -0.15) is 9.97 Å². The van der Waals surface area contributed by atoms with Gasteiger partial charge in [-0.3, -0.25) is 0 Å². The normalized spacial score (nSPS) is 17.2. The molecule has 0 saturated heterocycles. The fourth-order valence-corrected chi connectivity index (χ4v) is 2.69. The summed E-state index contributed by atoms with van der Waals surface area (Å²) in [6.07, 6.45) is 5.39. The molecule has 20 heavy (non-hydrogen) atoms. The van der Waals surface area contributed by atoms with Crippen molar-refractivity contribution in [2.75, 3.05) is 38.3 Å². The Balaban J connectivity index is 1.85. The third kappa shape index (κ3) is 2.07. The highest BCUT2D eigenvalue weighted by molar-refractivity contribution is 5.83. The third-order valence-electron chi connectivity index (χ3n) is 4.33. The zero-order chi connectivity index (χ0) is 14.2. The van der Waals surface area contributed by atoms with Crippen LogP contribution in [0.25, 0.3) is 11.2 Å². The molecule has 0 unspecified atom stereocenters. The zero-order valence-electron chi connectivity index (χ0n) is 12.2. The monoisotopic (exact) mass is 275 g/mol. The van der Waals surface area contributed by atoms with E-state index < -0.39 is 0 Å². The first-order chi connectivity index (χ1) is 9.64. The summed E-state index contributed by atoms with van der Waals surface area (Å²) in [4.78, 5) is 18.4. The summed E-state index contributed by atoms with van der Waals surface area (Å²) in [6.45, 7) is 0.883. The molecule has 2 aromatic rings. The zero-order valence-corrected chi connectivity index (χ0v) is 12.2. The first-order valence-electron chi connectivity index (χ1n) is 6.95. The van der Waals surface area contributed by atoms with Gasteiger partial charge in [-0.1, -0.05) is 0 Å². The van der Waals surface area contributed by atoms with Crippen LogP contribution >= 0.6 is 0 Å². The number of aromatic amines is 1. The summed E-state index contributed by atoms with van der Waals surface area (Å²) in [5.41, 5.74) is 1.79. The van der Waals surface area contributed by atoms with Crippen molar-refractivity contribution in [3.63, 3.8) is 0 Å². The van der Waals surface area contributed by atoms with Crippen LogP contribution in [0, 0.1) is 0 Å². The third-order valence-corrected chi connectivity index (χ3v) is 4.33. The fourth-order valence-electron chi connectivity index (χ4n) is 2.69. The molecular weight excluding hydrogens is 254 g/mol. The molecule has 0 amide bonds. The second kappa shape index (κ2) is 4.90. The average molecular weight is 275 g/mol. The number of hydrogen-bond donors (Lipinski definition) is 3. The molecule has 0 spiro atoms. The molecule has 0 aromatic carbocycles. The lowest BCUT2D eigenvalue weighted by molar-refractivity contribution is 0.0738. The summed E-state index contributed by atoms with van der Waals surface area (Å²) in [5, 5.41) is 6.44. The second-order valence-corrected chi connectivity index (χ2v) is 5.57. The van der Waals surface area contributed by atoms with Gasteiger partial charge in [0, 0.05) is 19.1 Å². The molecule has 3 rings (SSSR count). The topological polar surface area (TPSA) is 81.8 Å². The summed E-state index contributed by atoms with van der Waals surface area (Å²) in [5.74, 6) is 1.39. The van der Waals surface area contributed by atoms with Crippen LogP contribution in [0.5, 0.6) is 0 Å². The Morgan fingerprint density at radius 1 is 1.35 bits per heavy atom. The Morgan fingerprint density at radius 3 is 2.75 bits per heavy atom. The fraction of sp³-hybridized carbons (Fsp3) is 0.615. The number of H-pyrrole nitrogens is 1. The SMILES string of the molecule is CNc1nc(NCC2(N(C)C)CCC2)c2[nH]cnc2n1. The minimum atomic E-state index is 0.247. The Morgan fingerprint density at radius 2 is 2.15 bits per heavy atom. The van der Waals surface area contributed by atoms with Gasteiger partial charge in [0.2, 0.25) is 5.95 Å². The number of rotatable bonds is 5. The van der Waals surface area contributed by atoms with Crippen LogP contribution in [0.4, 0.5) is 11.8 Å². The molecule has 0 bridgehead atoms. The number of anilines is 2. The number of imidazole rings is 1. The van der Waals surface area contributed by atoms with E-state index in [4.69, 9.17) is 0 Å². The maximum absolute atomic E-state index is 4.49. The standard InChI is InChI=1S/C13H21N7/c1-14-12-18-10(9-11(19-12)17-8-16-9)15-7-13(20(2)3)5-4-6-13/h8H,4-7H2,1-3H3,(H3,14,15,16,17,18,19). The Bertz CT molecular complexity index is 600. The molecular formula is C13H21N7. The summed E-state index contributed by atoms with van der Waals surface area (Å²) < 4.78 is 0. The molecule has 0 aliphatic heterocycles. The van der Waals surface area contributed by atoms with Crippen molar-refractivity contribution in [2.45, 2.75) is 24.8 Å². The van der Waals surface area contributed by atoms with Crippen LogP contribution in [-0.4, -0.2) is 58.1 Å². The molecule has 3 N–H and O–H groups in total. The van der Waals surface area contributed by atoms with Crippen molar-refractivity contribution in [1.29, 1.82) is 0 Å². The number of fused-ring (bicyclic) bond motifs is 1. The average Bonchev–Trinajstić information content (AvgIpc) is 2.84. The van der Waals surface area contributed by atoms with Crippen LogP contribution in [0.1, 0.15) is 19.3 Å². The van der Waals surface area contributed by atoms with Gasteiger partial charge in [-0.25, -0.2) is 4.98 Å². The molecule has 0 radical (unpaired) electrons.